The molecule has 0 spiro atoms. The molecule has 1 fully saturated rings. The molecule has 0 saturated carbocycles. The summed E-state index contributed by atoms with van der Waals surface area (Å²) in [7, 11) is 0. The highest BCUT2D eigenvalue weighted by atomic mass is 19.4. The van der Waals surface area contributed by atoms with Gasteiger partial charge in [-0.1, -0.05) is 6.58 Å². The zero-order chi connectivity index (χ0) is 24.7. The molecular formula is C26H22F4N4O. The Labute approximate surface area is 198 Å². The van der Waals surface area contributed by atoms with E-state index in [2.05, 4.69) is 16.5 Å². The van der Waals surface area contributed by atoms with Gasteiger partial charge in [-0.25, -0.2) is 4.39 Å². The van der Waals surface area contributed by atoms with Crippen LogP contribution in [0.15, 0.2) is 67.6 Å². The number of anilines is 1. The number of carbonyl (C=O) groups excluding carboxylic acids is 1. The van der Waals surface area contributed by atoms with Gasteiger partial charge < -0.3 is 19.8 Å². The van der Waals surface area contributed by atoms with Gasteiger partial charge in [-0.2, -0.15) is 13.2 Å². The van der Waals surface area contributed by atoms with Gasteiger partial charge in [0, 0.05) is 78.1 Å². The fourth-order valence-electron chi connectivity index (χ4n) is 4.64. The predicted octanol–water partition coefficient (Wildman–Crippen LogP) is 5.82. The Kier molecular flexibility index (Phi) is 5.62. The van der Waals surface area contributed by atoms with E-state index in [1.807, 2.05) is 4.90 Å². The summed E-state index contributed by atoms with van der Waals surface area (Å²) >= 11 is 0. The number of aromatic nitrogens is 2. The third-order valence-corrected chi connectivity index (χ3v) is 6.41. The lowest BCUT2D eigenvalue weighted by Gasteiger charge is -2.36. The Morgan fingerprint density at radius 1 is 0.914 bits per heavy atom. The number of H-pyrrole nitrogens is 2. The van der Waals surface area contributed by atoms with Crippen molar-refractivity contribution in [3.8, 4) is 22.3 Å². The molecule has 1 amide bonds. The van der Waals surface area contributed by atoms with Crippen molar-refractivity contribution >= 4 is 22.5 Å². The number of nitrogens with zero attached hydrogens (tertiary/aromatic N) is 2. The zero-order valence-corrected chi connectivity index (χ0v) is 18.6. The number of fused-ring (bicyclic) bond motifs is 1. The first-order valence-corrected chi connectivity index (χ1v) is 11.1. The zero-order valence-electron chi connectivity index (χ0n) is 18.6. The van der Waals surface area contributed by atoms with Crippen molar-refractivity contribution in [1.29, 1.82) is 0 Å². The number of benzene rings is 2. The van der Waals surface area contributed by atoms with Crippen LogP contribution >= 0.6 is 0 Å². The molecular weight excluding hydrogens is 460 g/mol. The number of hydrogen-bond acceptors (Lipinski definition) is 2. The van der Waals surface area contributed by atoms with Crippen LogP contribution in [-0.2, 0) is 11.0 Å². The number of rotatable bonds is 4. The lowest BCUT2D eigenvalue weighted by atomic mass is 9.94. The van der Waals surface area contributed by atoms with Crippen LogP contribution in [0.2, 0.25) is 0 Å². The van der Waals surface area contributed by atoms with Gasteiger partial charge in [0.1, 0.15) is 5.82 Å². The molecule has 4 aromatic rings. The molecule has 1 aliphatic heterocycles. The quantitative estimate of drug-likeness (QED) is 0.284. The number of nitrogens with one attached hydrogen (secondary N) is 2. The van der Waals surface area contributed by atoms with Crippen molar-refractivity contribution in [2.45, 2.75) is 6.18 Å². The lowest BCUT2D eigenvalue weighted by molar-refractivity contribution is -0.137. The summed E-state index contributed by atoms with van der Waals surface area (Å²) in [5, 5.41) is 0.708. The van der Waals surface area contributed by atoms with Crippen molar-refractivity contribution in [1.82, 2.24) is 14.9 Å². The van der Waals surface area contributed by atoms with Gasteiger partial charge in [0.2, 0.25) is 5.91 Å². The van der Waals surface area contributed by atoms with Crippen LogP contribution in [0, 0.1) is 5.82 Å². The van der Waals surface area contributed by atoms with Crippen molar-refractivity contribution < 1.29 is 22.4 Å². The number of hydrogen-bond donors (Lipinski definition) is 2. The molecule has 0 bridgehead atoms. The summed E-state index contributed by atoms with van der Waals surface area (Å²) in [5.74, 6) is -0.560. The van der Waals surface area contributed by atoms with Gasteiger partial charge in [0.05, 0.1) is 5.56 Å². The summed E-state index contributed by atoms with van der Waals surface area (Å²) in [5.41, 5.74) is 2.15. The van der Waals surface area contributed by atoms with Gasteiger partial charge in [-0.05, 0) is 48.0 Å². The molecule has 0 unspecified atom stereocenters. The highest BCUT2D eigenvalue weighted by molar-refractivity contribution is 6.00. The summed E-state index contributed by atoms with van der Waals surface area (Å²) in [6, 6.07) is 8.41. The fraction of sp³-hybridized carbons (Fsp3) is 0.192. The first-order valence-electron chi connectivity index (χ1n) is 11.1. The van der Waals surface area contributed by atoms with Gasteiger partial charge in [0.25, 0.3) is 0 Å². The monoisotopic (exact) mass is 482 g/mol. The fourth-order valence-corrected chi connectivity index (χ4v) is 4.64. The lowest BCUT2D eigenvalue weighted by Crippen LogP contribution is -2.48. The second-order valence-corrected chi connectivity index (χ2v) is 8.42. The minimum Gasteiger partial charge on any atom is -0.368 e. The van der Waals surface area contributed by atoms with Crippen molar-refractivity contribution in [3.63, 3.8) is 0 Å². The summed E-state index contributed by atoms with van der Waals surface area (Å²) < 4.78 is 55.8. The molecule has 0 radical (unpaired) electrons. The Bertz CT molecular complexity index is 1410. The van der Waals surface area contributed by atoms with E-state index in [0.29, 0.717) is 59.5 Å². The highest BCUT2D eigenvalue weighted by Crippen LogP contribution is 2.43. The number of piperazine rings is 1. The minimum atomic E-state index is -4.55. The molecule has 2 N–H and O–H groups in total. The Balaban J connectivity index is 1.57. The maximum absolute atomic E-state index is 14.0. The first-order chi connectivity index (χ1) is 16.8. The predicted molar refractivity (Wildman–Crippen MR) is 127 cm³/mol. The molecule has 2 aromatic carbocycles. The van der Waals surface area contributed by atoms with E-state index in [1.165, 1.54) is 24.3 Å². The Hall–Kier alpha value is -4.01. The molecule has 1 saturated heterocycles. The topological polar surface area (TPSA) is 55.1 Å². The molecule has 2 aromatic heterocycles. The average Bonchev–Trinajstić information content (AvgIpc) is 3.49. The van der Waals surface area contributed by atoms with E-state index in [-0.39, 0.29) is 11.5 Å². The smallest absolute Gasteiger partial charge is 0.368 e. The van der Waals surface area contributed by atoms with E-state index < -0.39 is 17.6 Å². The van der Waals surface area contributed by atoms with Crippen molar-refractivity contribution in [2.75, 3.05) is 31.1 Å². The number of halogens is 4. The molecule has 35 heavy (non-hydrogen) atoms. The largest absolute Gasteiger partial charge is 0.417 e. The van der Waals surface area contributed by atoms with E-state index in [9.17, 15) is 22.4 Å². The Morgan fingerprint density at radius 3 is 2.31 bits per heavy atom. The number of aromatic amines is 2. The molecule has 1 aliphatic rings. The second-order valence-electron chi connectivity index (χ2n) is 8.42. The van der Waals surface area contributed by atoms with E-state index in [1.54, 1.807) is 35.6 Å². The molecule has 5 rings (SSSR count). The summed E-state index contributed by atoms with van der Waals surface area (Å²) in [6.07, 6.45) is 1.57. The first kappa shape index (κ1) is 22.8. The highest BCUT2D eigenvalue weighted by Gasteiger charge is 2.35. The average molecular weight is 482 g/mol. The minimum absolute atomic E-state index is 0.0484. The standard InChI is InChI=1S/C26H22F4N4O/c1-2-25(35)34-9-7-33(8-10-34)17-4-6-23(26(28,29)30)19(12-17)20-13-31-14-21(20)22-15-32-24-11-16(27)3-5-18(22)24/h2-6,11-15,31-32H,1,7-10H2. The van der Waals surface area contributed by atoms with Crippen LogP contribution < -0.4 is 4.90 Å². The molecule has 180 valence electrons. The van der Waals surface area contributed by atoms with Crippen LogP contribution in [0.25, 0.3) is 33.2 Å². The van der Waals surface area contributed by atoms with Crippen LogP contribution in [0.3, 0.4) is 0 Å². The molecule has 0 atom stereocenters. The van der Waals surface area contributed by atoms with Gasteiger partial charge in [-0.3, -0.25) is 4.79 Å². The molecule has 5 nitrogen and oxygen atoms in total. The Morgan fingerprint density at radius 2 is 1.63 bits per heavy atom. The molecule has 9 heteroatoms. The van der Waals surface area contributed by atoms with E-state index in [4.69, 9.17) is 0 Å². The molecule has 3 heterocycles. The van der Waals surface area contributed by atoms with Crippen molar-refractivity contribution in [2.24, 2.45) is 0 Å². The maximum Gasteiger partial charge on any atom is 0.417 e. The number of amides is 1. The maximum atomic E-state index is 14.0. The summed E-state index contributed by atoms with van der Waals surface area (Å²) in [6.45, 7) is 5.42. The second kappa shape index (κ2) is 8.65. The normalized spacial score (nSPS) is 14.5. The summed E-state index contributed by atoms with van der Waals surface area (Å²) in [4.78, 5) is 21.4. The van der Waals surface area contributed by atoms with Gasteiger partial charge >= 0.3 is 6.18 Å². The number of carbonyl (C=O) groups is 1. The third-order valence-electron chi connectivity index (χ3n) is 6.41. The van der Waals surface area contributed by atoms with Crippen LogP contribution in [0.5, 0.6) is 0 Å². The van der Waals surface area contributed by atoms with Crippen LogP contribution in [0.1, 0.15) is 5.56 Å². The van der Waals surface area contributed by atoms with Crippen molar-refractivity contribution in [3.05, 3.63) is 79.0 Å². The van der Waals surface area contributed by atoms with Gasteiger partial charge in [-0.15, -0.1) is 0 Å². The number of alkyl halides is 3. The SMILES string of the molecule is C=CC(=O)N1CCN(c2ccc(C(F)(F)F)c(-c3c[nH]cc3-c3c[nH]c4cc(F)ccc34)c2)CC1. The van der Waals surface area contributed by atoms with Crippen LogP contribution in [-0.4, -0.2) is 47.0 Å². The third kappa shape index (κ3) is 4.18. The van der Waals surface area contributed by atoms with E-state index in [0.717, 1.165) is 6.07 Å². The van der Waals surface area contributed by atoms with E-state index >= 15 is 0 Å². The molecule has 0 aliphatic carbocycles. The van der Waals surface area contributed by atoms with Crippen LogP contribution in [0.4, 0.5) is 23.2 Å². The van der Waals surface area contributed by atoms with Gasteiger partial charge in [0.15, 0.2) is 0 Å².